The third-order valence-corrected chi connectivity index (χ3v) is 1.93. The van der Waals surface area contributed by atoms with Crippen molar-refractivity contribution in [1.82, 2.24) is 10.2 Å². The van der Waals surface area contributed by atoms with E-state index in [-0.39, 0.29) is 23.7 Å². The molecule has 0 spiro atoms. The summed E-state index contributed by atoms with van der Waals surface area (Å²) in [7, 11) is 0. The lowest BCUT2D eigenvalue weighted by molar-refractivity contribution is 0.0892. The van der Waals surface area contributed by atoms with Gasteiger partial charge in [0, 0.05) is 11.0 Å². The molecule has 0 N–H and O–H groups in total. The molecule has 1 aromatic rings. The Labute approximate surface area is 89.6 Å². The van der Waals surface area contributed by atoms with Crippen molar-refractivity contribution in [3.8, 4) is 11.6 Å². The molecule has 1 atom stereocenters. The maximum Gasteiger partial charge on any atom is 0.276 e. The first-order valence-corrected chi connectivity index (χ1v) is 4.51. The van der Waals surface area contributed by atoms with Crippen LogP contribution in [0.2, 0.25) is 5.15 Å². The molecule has 1 aliphatic heterocycles. The minimum Gasteiger partial charge on any atom is -0.484 e. The summed E-state index contributed by atoms with van der Waals surface area (Å²) in [5, 5.41) is 11.0. The van der Waals surface area contributed by atoms with Gasteiger partial charge in [0.05, 0.1) is 6.54 Å². The standard InChI is InChI=1S/C7H6ClN5O2/c8-6-1-5-7(12-11-6)15-4(3-14-5)2-10-13-9/h1,4H,2-3H2/t4-/m0/s1. The number of hydrogen-bond donors (Lipinski definition) is 0. The van der Waals surface area contributed by atoms with Gasteiger partial charge in [-0.2, -0.15) is 0 Å². The molecule has 78 valence electrons. The monoisotopic (exact) mass is 227 g/mol. The van der Waals surface area contributed by atoms with E-state index in [1.165, 1.54) is 6.07 Å². The van der Waals surface area contributed by atoms with Gasteiger partial charge in [0.1, 0.15) is 12.7 Å². The van der Waals surface area contributed by atoms with E-state index in [9.17, 15) is 0 Å². The lowest BCUT2D eigenvalue weighted by atomic mass is 10.3. The average Bonchev–Trinajstić information content (AvgIpc) is 2.26. The zero-order chi connectivity index (χ0) is 10.7. The molecule has 2 heterocycles. The van der Waals surface area contributed by atoms with Crippen molar-refractivity contribution in [3.05, 3.63) is 21.7 Å². The van der Waals surface area contributed by atoms with Crippen molar-refractivity contribution in [2.24, 2.45) is 5.11 Å². The molecule has 0 aliphatic carbocycles. The largest absolute Gasteiger partial charge is 0.484 e. The maximum atomic E-state index is 8.15. The second kappa shape index (κ2) is 4.20. The van der Waals surface area contributed by atoms with Gasteiger partial charge in [0.15, 0.2) is 10.9 Å². The zero-order valence-corrected chi connectivity index (χ0v) is 8.26. The molecule has 15 heavy (non-hydrogen) atoms. The molecule has 0 fully saturated rings. The number of hydrogen-bond acceptors (Lipinski definition) is 5. The van der Waals surface area contributed by atoms with Gasteiger partial charge in [0.25, 0.3) is 5.88 Å². The van der Waals surface area contributed by atoms with E-state index in [2.05, 4.69) is 20.2 Å². The number of aromatic nitrogens is 2. The Morgan fingerprint density at radius 2 is 2.53 bits per heavy atom. The summed E-state index contributed by atoms with van der Waals surface area (Å²) in [6, 6.07) is 1.52. The first-order valence-electron chi connectivity index (χ1n) is 4.13. The summed E-state index contributed by atoms with van der Waals surface area (Å²) in [6.07, 6.45) is -0.330. The summed E-state index contributed by atoms with van der Waals surface area (Å²) in [5.41, 5.74) is 8.15. The molecular formula is C7H6ClN5O2. The molecule has 1 aliphatic rings. The second-order valence-corrected chi connectivity index (χ2v) is 3.19. The van der Waals surface area contributed by atoms with Gasteiger partial charge < -0.3 is 9.47 Å². The third kappa shape index (κ3) is 2.20. The van der Waals surface area contributed by atoms with E-state index >= 15 is 0 Å². The number of fused-ring (bicyclic) bond motifs is 1. The van der Waals surface area contributed by atoms with Gasteiger partial charge >= 0.3 is 0 Å². The highest BCUT2D eigenvalue weighted by Gasteiger charge is 2.22. The van der Waals surface area contributed by atoms with Crippen LogP contribution >= 0.6 is 11.6 Å². The number of ether oxygens (including phenoxy) is 2. The fourth-order valence-corrected chi connectivity index (χ4v) is 1.26. The van der Waals surface area contributed by atoms with Gasteiger partial charge in [-0.3, -0.25) is 0 Å². The van der Waals surface area contributed by atoms with Crippen molar-refractivity contribution >= 4 is 11.6 Å². The number of azide groups is 1. The molecule has 8 heteroatoms. The Kier molecular flexibility index (Phi) is 2.75. The molecule has 0 radical (unpaired) electrons. The Balaban J connectivity index is 2.13. The summed E-state index contributed by atoms with van der Waals surface area (Å²) in [5.74, 6) is 0.718. The van der Waals surface area contributed by atoms with Gasteiger partial charge in [-0.1, -0.05) is 16.7 Å². The summed E-state index contributed by atoms with van der Waals surface area (Å²) >= 11 is 5.62. The Morgan fingerprint density at radius 3 is 3.33 bits per heavy atom. The predicted molar refractivity (Wildman–Crippen MR) is 51.0 cm³/mol. The SMILES string of the molecule is [N-]=[N+]=NC[C@H]1COc2cc(Cl)nnc2O1. The van der Waals surface area contributed by atoms with E-state index < -0.39 is 0 Å². The van der Waals surface area contributed by atoms with E-state index in [1.54, 1.807) is 0 Å². The minimum atomic E-state index is -0.330. The molecular weight excluding hydrogens is 222 g/mol. The first-order chi connectivity index (χ1) is 7.29. The average molecular weight is 228 g/mol. The Morgan fingerprint density at radius 1 is 1.67 bits per heavy atom. The Bertz CT molecular complexity index is 420. The number of rotatable bonds is 2. The van der Waals surface area contributed by atoms with Crippen LogP contribution in [0, 0.1) is 0 Å². The number of nitrogens with zero attached hydrogens (tertiary/aromatic N) is 5. The van der Waals surface area contributed by atoms with Crippen LogP contribution < -0.4 is 9.47 Å². The number of halogens is 1. The first kappa shape index (κ1) is 9.82. The van der Waals surface area contributed by atoms with Crippen LogP contribution in [0.15, 0.2) is 11.2 Å². The fourth-order valence-electron chi connectivity index (χ4n) is 1.12. The van der Waals surface area contributed by atoms with Crippen molar-refractivity contribution in [2.75, 3.05) is 13.2 Å². The van der Waals surface area contributed by atoms with Crippen LogP contribution in [-0.2, 0) is 0 Å². The smallest absolute Gasteiger partial charge is 0.276 e. The van der Waals surface area contributed by atoms with Crippen LogP contribution in [0.25, 0.3) is 10.4 Å². The van der Waals surface area contributed by atoms with Crippen molar-refractivity contribution in [2.45, 2.75) is 6.10 Å². The summed E-state index contributed by atoms with van der Waals surface area (Å²) < 4.78 is 10.7. The molecule has 2 rings (SSSR count). The molecule has 0 saturated carbocycles. The van der Waals surface area contributed by atoms with E-state index in [0.717, 1.165) is 0 Å². The highest BCUT2D eigenvalue weighted by atomic mass is 35.5. The zero-order valence-electron chi connectivity index (χ0n) is 7.50. The van der Waals surface area contributed by atoms with Crippen molar-refractivity contribution in [1.29, 1.82) is 0 Å². The van der Waals surface area contributed by atoms with Gasteiger partial charge in [-0.25, -0.2) is 0 Å². The van der Waals surface area contributed by atoms with Crippen LogP contribution in [0.1, 0.15) is 0 Å². The lowest BCUT2D eigenvalue weighted by Gasteiger charge is -2.23. The summed E-state index contributed by atoms with van der Waals surface area (Å²) in [4.78, 5) is 2.63. The minimum absolute atomic E-state index is 0.195. The second-order valence-electron chi connectivity index (χ2n) is 2.80. The van der Waals surface area contributed by atoms with Gasteiger partial charge in [-0.05, 0) is 5.53 Å². The van der Waals surface area contributed by atoms with Crippen LogP contribution in [0.5, 0.6) is 11.6 Å². The maximum absolute atomic E-state index is 8.15. The third-order valence-electron chi connectivity index (χ3n) is 1.75. The molecule has 0 amide bonds. The topological polar surface area (TPSA) is 93.0 Å². The molecule has 1 aromatic heterocycles. The van der Waals surface area contributed by atoms with E-state index in [4.69, 9.17) is 26.6 Å². The highest BCUT2D eigenvalue weighted by Crippen LogP contribution is 2.30. The predicted octanol–water partition coefficient (Wildman–Crippen LogP) is 1.58. The fraction of sp³-hybridized carbons (Fsp3) is 0.429. The van der Waals surface area contributed by atoms with Crippen molar-refractivity contribution < 1.29 is 9.47 Å². The quantitative estimate of drug-likeness (QED) is 0.435. The van der Waals surface area contributed by atoms with E-state index in [1.807, 2.05) is 0 Å². The highest BCUT2D eigenvalue weighted by molar-refractivity contribution is 6.29. The lowest BCUT2D eigenvalue weighted by Crippen LogP contribution is -2.32. The molecule has 7 nitrogen and oxygen atoms in total. The summed E-state index contributed by atoms with van der Waals surface area (Å²) in [6.45, 7) is 0.494. The molecule has 0 saturated heterocycles. The van der Waals surface area contributed by atoms with Crippen LogP contribution in [-0.4, -0.2) is 29.5 Å². The van der Waals surface area contributed by atoms with Crippen LogP contribution in [0.4, 0.5) is 0 Å². The molecule has 0 unspecified atom stereocenters. The Hall–Kier alpha value is -1.72. The normalized spacial score (nSPS) is 18.1. The molecule has 0 bridgehead atoms. The van der Waals surface area contributed by atoms with Gasteiger partial charge in [-0.15, -0.1) is 10.2 Å². The van der Waals surface area contributed by atoms with Crippen molar-refractivity contribution in [3.63, 3.8) is 0 Å². The van der Waals surface area contributed by atoms with Crippen LogP contribution in [0.3, 0.4) is 0 Å². The van der Waals surface area contributed by atoms with E-state index in [0.29, 0.717) is 12.4 Å². The molecule has 0 aromatic carbocycles. The van der Waals surface area contributed by atoms with Gasteiger partial charge in [0.2, 0.25) is 0 Å².